The van der Waals surface area contributed by atoms with Gasteiger partial charge in [0.1, 0.15) is 5.82 Å². The van der Waals surface area contributed by atoms with Gasteiger partial charge in [-0.3, -0.25) is 9.63 Å². The molecule has 0 saturated carbocycles. The van der Waals surface area contributed by atoms with Crippen LogP contribution >= 0.6 is 0 Å². The number of halogens is 1. The second kappa shape index (κ2) is 5.93. The summed E-state index contributed by atoms with van der Waals surface area (Å²) in [5.74, 6) is -0.920. The lowest BCUT2D eigenvalue weighted by molar-refractivity contribution is 0.0233. The van der Waals surface area contributed by atoms with Crippen LogP contribution in [0.5, 0.6) is 0 Å². The number of carbonyl (C=O) groups is 1. The van der Waals surface area contributed by atoms with Gasteiger partial charge in [-0.2, -0.15) is 0 Å². The van der Waals surface area contributed by atoms with E-state index in [0.717, 1.165) is 11.6 Å². The molecule has 0 fully saturated rings. The van der Waals surface area contributed by atoms with Crippen molar-refractivity contribution in [2.24, 2.45) is 0 Å². The molecule has 18 heavy (non-hydrogen) atoms. The maximum atomic E-state index is 12.9. The molecule has 1 N–H and O–H groups in total. The molecule has 3 nitrogen and oxygen atoms in total. The Bertz CT molecular complexity index is 528. The lowest BCUT2D eigenvalue weighted by Gasteiger charge is -2.05. The molecule has 0 radical (unpaired) electrons. The molecule has 4 heteroatoms. The SMILES string of the molecule is O=C(NOCc1ccccc1)c1cccc(F)c1. The van der Waals surface area contributed by atoms with E-state index >= 15 is 0 Å². The molecule has 0 bridgehead atoms. The second-order valence-corrected chi connectivity index (χ2v) is 3.72. The van der Waals surface area contributed by atoms with Crippen molar-refractivity contribution in [3.05, 3.63) is 71.5 Å². The molecule has 0 aliphatic heterocycles. The topological polar surface area (TPSA) is 38.3 Å². The quantitative estimate of drug-likeness (QED) is 0.841. The van der Waals surface area contributed by atoms with Crippen LogP contribution in [0.1, 0.15) is 15.9 Å². The lowest BCUT2D eigenvalue weighted by atomic mass is 10.2. The number of hydrogen-bond donors (Lipinski definition) is 1. The van der Waals surface area contributed by atoms with Crippen LogP contribution in [0.25, 0.3) is 0 Å². The zero-order valence-electron chi connectivity index (χ0n) is 9.60. The maximum absolute atomic E-state index is 12.9. The van der Waals surface area contributed by atoms with E-state index in [-0.39, 0.29) is 12.2 Å². The van der Waals surface area contributed by atoms with E-state index in [1.165, 1.54) is 18.2 Å². The van der Waals surface area contributed by atoms with Gasteiger partial charge in [-0.25, -0.2) is 9.87 Å². The van der Waals surface area contributed by atoms with E-state index in [0.29, 0.717) is 0 Å². The van der Waals surface area contributed by atoms with Crippen LogP contribution in [-0.4, -0.2) is 5.91 Å². The smallest absolute Gasteiger partial charge is 0.269 e. The fraction of sp³-hybridized carbons (Fsp3) is 0.0714. The van der Waals surface area contributed by atoms with E-state index in [9.17, 15) is 9.18 Å². The van der Waals surface area contributed by atoms with Gasteiger partial charge in [0.05, 0.1) is 6.61 Å². The van der Waals surface area contributed by atoms with Gasteiger partial charge in [-0.1, -0.05) is 36.4 Å². The summed E-state index contributed by atoms with van der Waals surface area (Å²) in [6, 6.07) is 14.9. The third kappa shape index (κ3) is 3.40. The Morgan fingerprint density at radius 3 is 2.61 bits per heavy atom. The van der Waals surface area contributed by atoms with Crippen molar-refractivity contribution in [3.63, 3.8) is 0 Å². The third-order valence-electron chi connectivity index (χ3n) is 2.33. The first-order chi connectivity index (χ1) is 8.75. The Balaban J connectivity index is 1.86. The molecule has 0 aromatic heterocycles. The number of rotatable bonds is 4. The predicted octanol–water partition coefficient (Wildman–Crippen LogP) is 2.69. The molecule has 0 saturated heterocycles. The fourth-order valence-corrected chi connectivity index (χ4v) is 1.45. The van der Waals surface area contributed by atoms with Crippen molar-refractivity contribution in [3.8, 4) is 0 Å². The van der Waals surface area contributed by atoms with Crippen LogP contribution in [0.2, 0.25) is 0 Å². The van der Waals surface area contributed by atoms with Crippen LogP contribution in [-0.2, 0) is 11.4 Å². The molecule has 92 valence electrons. The van der Waals surface area contributed by atoms with Gasteiger partial charge in [0.15, 0.2) is 0 Å². The number of hydroxylamine groups is 1. The van der Waals surface area contributed by atoms with Gasteiger partial charge in [0, 0.05) is 5.56 Å². The first-order valence-corrected chi connectivity index (χ1v) is 5.47. The van der Waals surface area contributed by atoms with E-state index in [4.69, 9.17) is 4.84 Å². The highest BCUT2D eigenvalue weighted by Gasteiger charge is 2.05. The minimum Gasteiger partial charge on any atom is -0.269 e. The van der Waals surface area contributed by atoms with Crippen LogP contribution in [0.3, 0.4) is 0 Å². The molecule has 2 aromatic carbocycles. The molecule has 0 aliphatic carbocycles. The van der Waals surface area contributed by atoms with Gasteiger partial charge in [0.25, 0.3) is 5.91 Å². The number of benzene rings is 2. The summed E-state index contributed by atoms with van der Waals surface area (Å²) in [5, 5.41) is 0. The van der Waals surface area contributed by atoms with E-state index < -0.39 is 11.7 Å². The van der Waals surface area contributed by atoms with Gasteiger partial charge in [-0.05, 0) is 23.8 Å². The van der Waals surface area contributed by atoms with Crippen molar-refractivity contribution in [2.75, 3.05) is 0 Å². The highest BCUT2D eigenvalue weighted by atomic mass is 19.1. The highest BCUT2D eigenvalue weighted by molar-refractivity contribution is 5.93. The summed E-state index contributed by atoms with van der Waals surface area (Å²) >= 11 is 0. The summed E-state index contributed by atoms with van der Waals surface area (Å²) in [7, 11) is 0. The van der Waals surface area contributed by atoms with Crippen molar-refractivity contribution in [1.29, 1.82) is 0 Å². The number of hydrogen-bond acceptors (Lipinski definition) is 2. The third-order valence-corrected chi connectivity index (χ3v) is 2.33. The molecular formula is C14H12FNO2. The predicted molar refractivity (Wildman–Crippen MR) is 65.1 cm³/mol. The molecule has 1 amide bonds. The number of nitrogens with one attached hydrogen (secondary N) is 1. The maximum Gasteiger partial charge on any atom is 0.274 e. The minimum atomic E-state index is -0.467. The number of carbonyl (C=O) groups excluding carboxylic acids is 1. The summed E-state index contributed by atoms with van der Waals surface area (Å²) in [5.41, 5.74) is 3.44. The first kappa shape index (κ1) is 12.3. The normalized spacial score (nSPS) is 10.1. The van der Waals surface area contributed by atoms with Crippen LogP contribution < -0.4 is 5.48 Å². The average Bonchev–Trinajstić information content (AvgIpc) is 2.40. The summed E-state index contributed by atoms with van der Waals surface area (Å²) in [6.07, 6.45) is 0. The minimum absolute atomic E-state index is 0.225. The average molecular weight is 245 g/mol. The standard InChI is InChI=1S/C14H12FNO2/c15-13-8-4-7-12(9-13)14(17)16-18-10-11-5-2-1-3-6-11/h1-9H,10H2,(H,16,17). The Morgan fingerprint density at radius 1 is 1.11 bits per heavy atom. The summed E-state index contributed by atoms with van der Waals surface area (Å²) < 4.78 is 12.9. The van der Waals surface area contributed by atoms with Gasteiger partial charge >= 0.3 is 0 Å². The molecule has 2 rings (SSSR count). The molecule has 0 spiro atoms. The molecule has 2 aromatic rings. The van der Waals surface area contributed by atoms with Crippen LogP contribution in [0.15, 0.2) is 54.6 Å². The highest BCUT2D eigenvalue weighted by Crippen LogP contribution is 2.04. The van der Waals surface area contributed by atoms with Crippen LogP contribution in [0, 0.1) is 5.82 Å². The van der Waals surface area contributed by atoms with Gasteiger partial charge in [-0.15, -0.1) is 0 Å². The largest absolute Gasteiger partial charge is 0.274 e. The van der Waals surface area contributed by atoms with Gasteiger partial charge < -0.3 is 0 Å². The molecule has 0 heterocycles. The Hall–Kier alpha value is -2.20. The monoisotopic (exact) mass is 245 g/mol. The van der Waals surface area contributed by atoms with E-state index in [1.54, 1.807) is 0 Å². The number of amides is 1. The van der Waals surface area contributed by atoms with Crippen molar-refractivity contribution >= 4 is 5.91 Å². The Labute approximate surface area is 104 Å². The van der Waals surface area contributed by atoms with Crippen molar-refractivity contribution < 1.29 is 14.0 Å². The Morgan fingerprint density at radius 2 is 1.89 bits per heavy atom. The zero-order chi connectivity index (χ0) is 12.8. The second-order valence-electron chi connectivity index (χ2n) is 3.72. The lowest BCUT2D eigenvalue weighted by Crippen LogP contribution is -2.23. The molecule has 0 unspecified atom stereocenters. The van der Waals surface area contributed by atoms with Crippen molar-refractivity contribution in [2.45, 2.75) is 6.61 Å². The first-order valence-electron chi connectivity index (χ1n) is 5.47. The Kier molecular flexibility index (Phi) is 4.04. The van der Waals surface area contributed by atoms with Crippen molar-refractivity contribution in [1.82, 2.24) is 5.48 Å². The fourth-order valence-electron chi connectivity index (χ4n) is 1.45. The zero-order valence-corrected chi connectivity index (χ0v) is 9.60. The van der Waals surface area contributed by atoms with E-state index in [1.807, 2.05) is 30.3 Å². The summed E-state index contributed by atoms with van der Waals surface area (Å²) in [6.45, 7) is 0.266. The van der Waals surface area contributed by atoms with Crippen LogP contribution in [0.4, 0.5) is 4.39 Å². The molecule has 0 aliphatic rings. The molecular weight excluding hydrogens is 233 g/mol. The molecule has 0 atom stereocenters. The van der Waals surface area contributed by atoms with E-state index in [2.05, 4.69) is 5.48 Å². The van der Waals surface area contributed by atoms with Gasteiger partial charge in [0.2, 0.25) is 0 Å². The summed E-state index contributed by atoms with van der Waals surface area (Å²) in [4.78, 5) is 16.6.